The van der Waals surface area contributed by atoms with Gasteiger partial charge < -0.3 is 5.32 Å². The van der Waals surface area contributed by atoms with Crippen LogP contribution in [0, 0.1) is 13.8 Å². The summed E-state index contributed by atoms with van der Waals surface area (Å²) in [5.74, 6) is 0. The van der Waals surface area contributed by atoms with Crippen LogP contribution in [0.25, 0.3) is 0 Å². The number of aryl methyl sites for hydroxylation is 3. The second kappa shape index (κ2) is 6.10. The number of anilines is 1. The van der Waals surface area contributed by atoms with Gasteiger partial charge in [0.2, 0.25) is 0 Å². The average molecular weight is 338 g/mol. The van der Waals surface area contributed by atoms with Crippen molar-refractivity contribution in [3.05, 3.63) is 49.6 Å². The third-order valence-electron chi connectivity index (χ3n) is 3.25. The molecule has 1 N–H and O–H groups in total. The highest BCUT2D eigenvalue weighted by atomic mass is 79.9. The van der Waals surface area contributed by atoms with Gasteiger partial charge in [-0.15, -0.1) is 11.3 Å². The molecule has 0 fully saturated rings. The van der Waals surface area contributed by atoms with Gasteiger partial charge >= 0.3 is 0 Å². The molecular weight excluding hydrogens is 318 g/mol. The van der Waals surface area contributed by atoms with Crippen molar-refractivity contribution in [2.45, 2.75) is 40.2 Å². The molecule has 102 valence electrons. The molecule has 0 spiro atoms. The van der Waals surface area contributed by atoms with Gasteiger partial charge in [0.15, 0.2) is 0 Å². The normalized spacial score (nSPS) is 12.5. The molecule has 3 heteroatoms. The zero-order valence-corrected chi connectivity index (χ0v) is 14.3. The number of halogens is 1. The van der Waals surface area contributed by atoms with Crippen LogP contribution in [-0.2, 0) is 6.42 Å². The first-order chi connectivity index (χ1) is 9.01. The molecule has 0 bridgehead atoms. The summed E-state index contributed by atoms with van der Waals surface area (Å²) >= 11 is 5.56. The maximum Gasteiger partial charge on any atom is 0.0579 e. The molecule has 1 atom stereocenters. The van der Waals surface area contributed by atoms with E-state index in [2.05, 4.69) is 73.2 Å². The fourth-order valence-electron chi connectivity index (χ4n) is 2.20. The number of nitrogens with one attached hydrogen (secondary N) is 1. The van der Waals surface area contributed by atoms with E-state index in [1.54, 1.807) is 0 Å². The van der Waals surface area contributed by atoms with Crippen LogP contribution in [0.4, 0.5) is 5.69 Å². The molecule has 1 aromatic carbocycles. The fraction of sp³-hybridized carbons (Fsp3) is 0.375. The minimum atomic E-state index is 0.336. The van der Waals surface area contributed by atoms with Crippen LogP contribution >= 0.6 is 27.3 Å². The van der Waals surface area contributed by atoms with Crippen molar-refractivity contribution in [2.24, 2.45) is 0 Å². The fourth-order valence-corrected chi connectivity index (χ4v) is 3.95. The maximum atomic E-state index is 3.66. The van der Waals surface area contributed by atoms with Gasteiger partial charge in [-0.25, -0.2) is 0 Å². The van der Waals surface area contributed by atoms with Crippen molar-refractivity contribution < 1.29 is 0 Å². The zero-order chi connectivity index (χ0) is 14.0. The Morgan fingerprint density at radius 3 is 2.58 bits per heavy atom. The third-order valence-corrected chi connectivity index (χ3v) is 5.29. The van der Waals surface area contributed by atoms with Crippen molar-refractivity contribution in [3.63, 3.8) is 0 Å². The van der Waals surface area contributed by atoms with Gasteiger partial charge in [0.1, 0.15) is 0 Å². The predicted octanol–water partition coefficient (Wildman–Crippen LogP) is 5.86. The molecule has 0 aliphatic rings. The Labute approximate surface area is 128 Å². The summed E-state index contributed by atoms with van der Waals surface area (Å²) in [6.45, 7) is 8.70. The Balaban J connectivity index is 2.21. The smallest absolute Gasteiger partial charge is 0.0579 e. The first-order valence-corrected chi connectivity index (χ1v) is 8.24. The first kappa shape index (κ1) is 14.6. The summed E-state index contributed by atoms with van der Waals surface area (Å²) in [5, 5.41) is 3.62. The highest BCUT2D eigenvalue weighted by molar-refractivity contribution is 9.10. The summed E-state index contributed by atoms with van der Waals surface area (Å²) < 4.78 is 1.14. The molecule has 2 aromatic rings. The van der Waals surface area contributed by atoms with Gasteiger partial charge in [-0.1, -0.05) is 13.0 Å². The van der Waals surface area contributed by atoms with Crippen LogP contribution in [0.5, 0.6) is 0 Å². The van der Waals surface area contributed by atoms with Crippen LogP contribution in [0.1, 0.15) is 40.8 Å². The van der Waals surface area contributed by atoms with E-state index in [9.17, 15) is 0 Å². The Bertz CT molecular complexity index is 551. The maximum absolute atomic E-state index is 3.66. The van der Waals surface area contributed by atoms with Gasteiger partial charge in [0, 0.05) is 14.2 Å². The second-order valence-electron chi connectivity index (χ2n) is 4.96. The molecule has 1 aromatic heterocycles. The molecule has 0 saturated heterocycles. The number of rotatable bonds is 4. The van der Waals surface area contributed by atoms with Crippen molar-refractivity contribution in [1.82, 2.24) is 0 Å². The van der Waals surface area contributed by atoms with E-state index in [4.69, 9.17) is 0 Å². The SMILES string of the molecule is CCc1ccc(C(C)Nc2c(C)cc(C)cc2Br)s1. The first-order valence-electron chi connectivity index (χ1n) is 6.63. The minimum absolute atomic E-state index is 0.336. The number of thiophene rings is 1. The molecule has 19 heavy (non-hydrogen) atoms. The lowest BCUT2D eigenvalue weighted by atomic mass is 10.1. The van der Waals surface area contributed by atoms with Gasteiger partial charge in [-0.2, -0.15) is 0 Å². The number of hydrogen-bond acceptors (Lipinski definition) is 2. The third kappa shape index (κ3) is 3.40. The van der Waals surface area contributed by atoms with E-state index in [1.165, 1.54) is 26.6 Å². The van der Waals surface area contributed by atoms with Gasteiger partial charge in [-0.3, -0.25) is 0 Å². The van der Waals surface area contributed by atoms with E-state index in [1.807, 2.05) is 11.3 Å². The van der Waals surface area contributed by atoms with Crippen LogP contribution < -0.4 is 5.32 Å². The van der Waals surface area contributed by atoms with E-state index >= 15 is 0 Å². The summed E-state index contributed by atoms with van der Waals surface area (Å²) in [7, 11) is 0. The van der Waals surface area contributed by atoms with Gasteiger partial charge in [-0.05, 0) is 72.4 Å². The zero-order valence-electron chi connectivity index (χ0n) is 11.9. The molecule has 0 amide bonds. The highest BCUT2D eigenvalue weighted by Crippen LogP contribution is 2.32. The van der Waals surface area contributed by atoms with Crippen molar-refractivity contribution in [3.8, 4) is 0 Å². The molecule has 0 saturated carbocycles. The predicted molar refractivity (Wildman–Crippen MR) is 89.4 cm³/mol. The van der Waals surface area contributed by atoms with Gasteiger partial charge in [0.25, 0.3) is 0 Å². The van der Waals surface area contributed by atoms with Crippen molar-refractivity contribution in [2.75, 3.05) is 5.32 Å². The van der Waals surface area contributed by atoms with Crippen LogP contribution in [0.3, 0.4) is 0 Å². The minimum Gasteiger partial charge on any atom is -0.377 e. The Kier molecular flexibility index (Phi) is 4.69. The highest BCUT2D eigenvalue weighted by Gasteiger charge is 2.12. The number of benzene rings is 1. The molecule has 1 heterocycles. The van der Waals surface area contributed by atoms with E-state index < -0.39 is 0 Å². The Morgan fingerprint density at radius 1 is 1.26 bits per heavy atom. The molecule has 1 unspecified atom stereocenters. The average Bonchev–Trinajstić information content (AvgIpc) is 2.82. The lowest BCUT2D eigenvalue weighted by molar-refractivity contribution is 0.904. The Morgan fingerprint density at radius 2 is 2.00 bits per heavy atom. The van der Waals surface area contributed by atoms with Crippen LogP contribution in [0.2, 0.25) is 0 Å². The van der Waals surface area contributed by atoms with Crippen LogP contribution in [-0.4, -0.2) is 0 Å². The molecule has 0 aliphatic heterocycles. The van der Waals surface area contributed by atoms with Crippen molar-refractivity contribution >= 4 is 33.0 Å². The largest absolute Gasteiger partial charge is 0.377 e. The lowest BCUT2D eigenvalue weighted by Gasteiger charge is -2.18. The monoisotopic (exact) mass is 337 g/mol. The summed E-state index contributed by atoms with van der Waals surface area (Å²) in [4.78, 5) is 2.84. The number of hydrogen-bond donors (Lipinski definition) is 1. The van der Waals surface area contributed by atoms with E-state index in [0.717, 1.165) is 10.9 Å². The summed E-state index contributed by atoms with van der Waals surface area (Å²) in [5.41, 5.74) is 3.77. The summed E-state index contributed by atoms with van der Waals surface area (Å²) in [6.07, 6.45) is 1.12. The van der Waals surface area contributed by atoms with E-state index in [-0.39, 0.29) is 0 Å². The van der Waals surface area contributed by atoms with E-state index in [0.29, 0.717) is 6.04 Å². The van der Waals surface area contributed by atoms with Crippen LogP contribution in [0.15, 0.2) is 28.7 Å². The molecule has 0 aliphatic carbocycles. The second-order valence-corrected chi connectivity index (χ2v) is 7.02. The standard InChI is InChI=1S/C16H20BrNS/c1-5-13-6-7-15(19-13)12(4)18-16-11(3)8-10(2)9-14(16)17/h6-9,12,18H,5H2,1-4H3. The summed E-state index contributed by atoms with van der Waals surface area (Å²) in [6, 6.07) is 9.18. The van der Waals surface area contributed by atoms with Crippen molar-refractivity contribution in [1.29, 1.82) is 0 Å². The molecular formula is C16H20BrNS. The molecule has 1 nitrogen and oxygen atoms in total. The lowest BCUT2D eigenvalue weighted by Crippen LogP contribution is -2.07. The topological polar surface area (TPSA) is 12.0 Å². The quantitative estimate of drug-likeness (QED) is 0.736. The molecule has 2 rings (SSSR count). The molecule has 0 radical (unpaired) electrons. The Hall–Kier alpha value is -0.800. The van der Waals surface area contributed by atoms with Gasteiger partial charge in [0.05, 0.1) is 11.7 Å².